The third-order valence-corrected chi connectivity index (χ3v) is 4.85. The van der Waals surface area contributed by atoms with Crippen LogP contribution in [0, 0.1) is 6.92 Å². The molecule has 136 valence electrons. The number of piperidine rings is 1. The molecule has 1 aliphatic heterocycles. The summed E-state index contributed by atoms with van der Waals surface area (Å²) >= 11 is 0. The summed E-state index contributed by atoms with van der Waals surface area (Å²) in [6.45, 7) is 7.89. The number of nitrogens with zero attached hydrogens (tertiary/aromatic N) is 4. The first kappa shape index (κ1) is 17.9. The van der Waals surface area contributed by atoms with Crippen LogP contribution in [0.1, 0.15) is 37.1 Å². The standard InChI is InChI=1S/C19H28N4O2/c1-3-23-14-20-21-19(23)16-8-6-10-22(11-16)12-17(24)13-25-18-9-5-4-7-15(18)2/h4-5,7,9,14,16-17,24H,3,6,8,10-13H2,1-2H3. The van der Waals surface area contributed by atoms with Crippen LogP contribution in [0.25, 0.3) is 0 Å². The number of hydrogen-bond donors (Lipinski definition) is 1. The van der Waals surface area contributed by atoms with E-state index in [0.717, 1.165) is 49.6 Å². The lowest BCUT2D eigenvalue weighted by Crippen LogP contribution is -2.41. The Morgan fingerprint density at radius 3 is 3.00 bits per heavy atom. The minimum absolute atomic E-state index is 0.317. The second-order valence-corrected chi connectivity index (χ2v) is 6.80. The topological polar surface area (TPSA) is 63.4 Å². The Hall–Kier alpha value is -1.92. The van der Waals surface area contributed by atoms with Gasteiger partial charge in [-0.15, -0.1) is 10.2 Å². The largest absolute Gasteiger partial charge is 0.491 e. The number of aromatic nitrogens is 3. The molecule has 0 amide bonds. The predicted octanol–water partition coefficient (Wildman–Crippen LogP) is 2.23. The van der Waals surface area contributed by atoms with E-state index in [1.165, 1.54) is 0 Å². The molecular weight excluding hydrogens is 316 g/mol. The van der Waals surface area contributed by atoms with Crippen molar-refractivity contribution in [1.29, 1.82) is 0 Å². The van der Waals surface area contributed by atoms with Gasteiger partial charge in [0, 0.05) is 25.6 Å². The van der Waals surface area contributed by atoms with Gasteiger partial charge in [0.1, 0.15) is 30.6 Å². The van der Waals surface area contributed by atoms with Crippen LogP contribution in [0.5, 0.6) is 5.75 Å². The number of ether oxygens (including phenoxy) is 1. The molecule has 1 aromatic heterocycles. The van der Waals surface area contributed by atoms with Crippen molar-refractivity contribution >= 4 is 0 Å². The molecule has 0 radical (unpaired) electrons. The molecule has 25 heavy (non-hydrogen) atoms. The normalized spacial score (nSPS) is 19.7. The zero-order valence-electron chi connectivity index (χ0n) is 15.1. The zero-order valence-corrected chi connectivity index (χ0v) is 15.1. The van der Waals surface area contributed by atoms with E-state index in [9.17, 15) is 5.11 Å². The fourth-order valence-electron chi connectivity index (χ4n) is 3.51. The Morgan fingerprint density at radius 1 is 1.36 bits per heavy atom. The Balaban J connectivity index is 1.51. The molecule has 2 aromatic rings. The van der Waals surface area contributed by atoms with Crippen LogP contribution in [-0.4, -0.2) is 57.1 Å². The van der Waals surface area contributed by atoms with Crippen molar-refractivity contribution in [3.63, 3.8) is 0 Å². The summed E-state index contributed by atoms with van der Waals surface area (Å²) in [6.07, 6.45) is 3.55. The van der Waals surface area contributed by atoms with E-state index < -0.39 is 6.10 Å². The average Bonchev–Trinajstić information content (AvgIpc) is 3.10. The summed E-state index contributed by atoms with van der Waals surface area (Å²) in [5.74, 6) is 2.30. The van der Waals surface area contributed by atoms with E-state index >= 15 is 0 Å². The zero-order chi connectivity index (χ0) is 17.6. The van der Waals surface area contributed by atoms with Crippen LogP contribution >= 0.6 is 0 Å². The molecule has 6 nitrogen and oxygen atoms in total. The maximum Gasteiger partial charge on any atom is 0.137 e. The van der Waals surface area contributed by atoms with E-state index in [1.807, 2.05) is 31.2 Å². The Labute approximate surface area is 149 Å². The van der Waals surface area contributed by atoms with Gasteiger partial charge in [-0.25, -0.2) is 0 Å². The summed E-state index contributed by atoms with van der Waals surface area (Å²) in [6, 6.07) is 7.90. The van der Waals surface area contributed by atoms with E-state index in [2.05, 4.69) is 26.6 Å². The molecule has 1 saturated heterocycles. The van der Waals surface area contributed by atoms with Crippen molar-refractivity contribution in [2.75, 3.05) is 26.2 Å². The molecule has 2 heterocycles. The molecule has 1 N–H and O–H groups in total. The minimum Gasteiger partial charge on any atom is -0.491 e. The average molecular weight is 344 g/mol. The Morgan fingerprint density at radius 2 is 2.20 bits per heavy atom. The number of likely N-dealkylation sites (tertiary alicyclic amines) is 1. The third-order valence-electron chi connectivity index (χ3n) is 4.85. The number of hydrogen-bond acceptors (Lipinski definition) is 5. The molecule has 2 unspecified atom stereocenters. The first-order valence-corrected chi connectivity index (χ1v) is 9.14. The van der Waals surface area contributed by atoms with E-state index in [0.29, 0.717) is 19.1 Å². The monoisotopic (exact) mass is 344 g/mol. The van der Waals surface area contributed by atoms with Crippen molar-refractivity contribution < 1.29 is 9.84 Å². The molecule has 1 fully saturated rings. The highest BCUT2D eigenvalue weighted by atomic mass is 16.5. The van der Waals surface area contributed by atoms with Gasteiger partial charge in [0.05, 0.1) is 0 Å². The number of rotatable bonds is 7. The third kappa shape index (κ3) is 4.58. The Kier molecular flexibility index (Phi) is 6.04. The Bertz CT molecular complexity index is 673. The van der Waals surface area contributed by atoms with Gasteiger partial charge in [-0.1, -0.05) is 18.2 Å². The van der Waals surface area contributed by atoms with Gasteiger partial charge < -0.3 is 14.4 Å². The van der Waals surface area contributed by atoms with Gasteiger partial charge in [-0.2, -0.15) is 0 Å². The molecule has 0 spiro atoms. The number of para-hydroxylation sites is 1. The highest BCUT2D eigenvalue weighted by Gasteiger charge is 2.26. The van der Waals surface area contributed by atoms with Gasteiger partial charge in [-0.3, -0.25) is 4.90 Å². The van der Waals surface area contributed by atoms with Crippen LogP contribution < -0.4 is 4.74 Å². The molecule has 6 heteroatoms. The van der Waals surface area contributed by atoms with Gasteiger partial charge in [0.15, 0.2) is 0 Å². The lowest BCUT2D eigenvalue weighted by Gasteiger charge is -2.33. The van der Waals surface area contributed by atoms with Crippen LogP contribution in [-0.2, 0) is 6.54 Å². The van der Waals surface area contributed by atoms with Crippen molar-refractivity contribution in [2.45, 2.75) is 45.3 Å². The van der Waals surface area contributed by atoms with E-state index in [1.54, 1.807) is 6.33 Å². The number of aliphatic hydroxyl groups excluding tert-OH is 1. The van der Waals surface area contributed by atoms with E-state index in [-0.39, 0.29) is 0 Å². The summed E-state index contributed by atoms with van der Waals surface area (Å²) in [5.41, 5.74) is 1.09. The summed E-state index contributed by atoms with van der Waals surface area (Å²) in [7, 11) is 0. The van der Waals surface area contributed by atoms with Crippen molar-refractivity contribution in [3.8, 4) is 5.75 Å². The molecule has 1 aliphatic rings. The minimum atomic E-state index is -0.498. The maximum absolute atomic E-state index is 10.4. The van der Waals surface area contributed by atoms with Crippen molar-refractivity contribution in [3.05, 3.63) is 42.0 Å². The quantitative estimate of drug-likeness (QED) is 0.834. The van der Waals surface area contributed by atoms with Crippen molar-refractivity contribution in [2.24, 2.45) is 0 Å². The number of aryl methyl sites for hydroxylation is 2. The maximum atomic E-state index is 10.4. The van der Waals surface area contributed by atoms with Crippen LogP contribution in [0.15, 0.2) is 30.6 Å². The summed E-state index contributed by atoms with van der Waals surface area (Å²) in [5, 5.41) is 18.7. The van der Waals surface area contributed by atoms with Gasteiger partial charge in [-0.05, 0) is 44.9 Å². The summed E-state index contributed by atoms with van der Waals surface area (Å²) in [4.78, 5) is 2.31. The number of benzene rings is 1. The lowest BCUT2D eigenvalue weighted by atomic mass is 9.97. The van der Waals surface area contributed by atoms with Gasteiger partial charge in [0.25, 0.3) is 0 Å². The fraction of sp³-hybridized carbons (Fsp3) is 0.579. The van der Waals surface area contributed by atoms with Gasteiger partial charge >= 0.3 is 0 Å². The number of aliphatic hydroxyl groups is 1. The predicted molar refractivity (Wildman–Crippen MR) is 96.8 cm³/mol. The molecule has 0 aliphatic carbocycles. The first-order chi connectivity index (χ1) is 12.2. The molecule has 0 bridgehead atoms. The fourth-order valence-corrected chi connectivity index (χ4v) is 3.51. The molecular formula is C19H28N4O2. The molecule has 2 atom stereocenters. The second kappa shape index (κ2) is 8.45. The first-order valence-electron chi connectivity index (χ1n) is 9.14. The second-order valence-electron chi connectivity index (χ2n) is 6.80. The van der Waals surface area contributed by atoms with Crippen LogP contribution in [0.4, 0.5) is 0 Å². The summed E-state index contributed by atoms with van der Waals surface area (Å²) < 4.78 is 7.89. The highest BCUT2D eigenvalue weighted by Crippen LogP contribution is 2.25. The smallest absolute Gasteiger partial charge is 0.137 e. The van der Waals surface area contributed by atoms with E-state index in [4.69, 9.17) is 4.74 Å². The number of β-amino-alcohol motifs (C(OH)–C–C–N with tert-alkyl or cyclic N) is 1. The van der Waals surface area contributed by atoms with Crippen LogP contribution in [0.2, 0.25) is 0 Å². The van der Waals surface area contributed by atoms with Crippen LogP contribution in [0.3, 0.4) is 0 Å². The van der Waals surface area contributed by atoms with Crippen molar-refractivity contribution in [1.82, 2.24) is 19.7 Å². The molecule has 0 saturated carbocycles. The molecule has 1 aromatic carbocycles. The highest BCUT2D eigenvalue weighted by molar-refractivity contribution is 5.31. The SMILES string of the molecule is CCn1cnnc1C1CCCN(CC(O)COc2ccccc2C)C1. The lowest BCUT2D eigenvalue weighted by molar-refractivity contribution is 0.0574. The van der Waals surface area contributed by atoms with Gasteiger partial charge in [0.2, 0.25) is 0 Å². The molecule has 3 rings (SSSR count).